The van der Waals surface area contributed by atoms with E-state index in [0.29, 0.717) is 6.54 Å². The number of nitrogens with zero attached hydrogens (tertiary/aromatic N) is 2. The maximum absolute atomic E-state index is 13.0. The van der Waals surface area contributed by atoms with Gasteiger partial charge in [0.05, 0.1) is 5.69 Å². The molecule has 1 rings (SSSR count). The highest BCUT2D eigenvalue weighted by molar-refractivity contribution is 7.90. The summed E-state index contributed by atoms with van der Waals surface area (Å²) in [5.41, 5.74) is 0.237. The average Bonchev–Trinajstić information content (AvgIpc) is 2.46. The minimum atomic E-state index is -3.85. The maximum Gasteiger partial charge on any atom is 0.304 e. The maximum atomic E-state index is 13.0. The van der Waals surface area contributed by atoms with Crippen LogP contribution in [0.2, 0.25) is 0 Å². The molecule has 0 fully saturated rings. The second-order valence-electron chi connectivity index (χ2n) is 4.98. The van der Waals surface area contributed by atoms with Crippen molar-refractivity contribution in [3.63, 3.8) is 0 Å². The van der Waals surface area contributed by atoms with Gasteiger partial charge < -0.3 is 5.32 Å². The van der Waals surface area contributed by atoms with Gasteiger partial charge >= 0.3 is 10.2 Å². The van der Waals surface area contributed by atoms with Gasteiger partial charge in [-0.15, -0.1) is 0 Å². The lowest BCUT2D eigenvalue weighted by Crippen LogP contribution is -2.45. The highest BCUT2D eigenvalue weighted by atomic mass is 32.2. The molecule has 1 aromatic carbocycles. The fraction of sp³-hybridized carbons (Fsp3) is 0.500. The molecule has 1 amide bonds. The Morgan fingerprint density at radius 3 is 2.32 bits per heavy atom. The van der Waals surface area contributed by atoms with Crippen molar-refractivity contribution in [1.29, 1.82) is 0 Å². The molecule has 124 valence electrons. The Kier molecular flexibility index (Phi) is 6.76. The summed E-state index contributed by atoms with van der Waals surface area (Å²) in [6.45, 7) is 2.14. The van der Waals surface area contributed by atoms with Gasteiger partial charge in [0, 0.05) is 20.6 Å². The summed E-state index contributed by atoms with van der Waals surface area (Å²) in [5, 5.41) is 2.67. The van der Waals surface area contributed by atoms with Crippen LogP contribution in [-0.2, 0) is 15.0 Å². The Morgan fingerprint density at radius 1 is 1.23 bits per heavy atom. The quantitative estimate of drug-likeness (QED) is 0.731. The van der Waals surface area contributed by atoms with E-state index >= 15 is 0 Å². The third-order valence-corrected chi connectivity index (χ3v) is 4.81. The number of benzene rings is 1. The molecule has 8 heteroatoms. The van der Waals surface area contributed by atoms with Crippen molar-refractivity contribution in [1.82, 2.24) is 9.62 Å². The van der Waals surface area contributed by atoms with Crippen molar-refractivity contribution in [2.24, 2.45) is 0 Å². The summed E-state index contributed by atoms with van der Waals surface area (Å²) in [4.78, 5) is 11.9. The fourth-order valence-electron chi connectivity index (χ4n) is 1.70. The Balaban J connectivity index is 2.98. The Labute approximate surface area is 131 Å². The molecule has 0 radical (unpaired) electrons. The molecule has 0 unspecified atom stereocenters. The third-order valence-electron chi connectivity index (χ3n) is 2.99. The van der Waals surface area contributed by atoms with Crippen LogP contribution >= 0.6 is 0 Å². The number of hydrogen-bond acceptors (Lipinski definition) is 3. The smallest absolute Gasteiger partial charge is 0.304 e. The largest absolute Gasteiger partial charge is 0.355 e. The first kappa shape index (κ1) is 18.4. The number of carbonyl (C=O) groups excluding carboxylic acids is 1. The number of unbranched alkanes of at least 4 members (excludes halogenated alkanes) is 1. The Morgan fingerprint density at radius 2 is 1.82 bits per heavy atom. The molecule has 0 bridgehead atoms. The van der Waals surface area contributed by atoms with Crippen molar-refractivity contribution in [2.45, 2.75) is 19.8 Å². The Hall–Kier alpha value is -1.67. The predicted octanol–water partition coefficient (Wildman–Crippen LogP) is 1.35. The number of amides is 1. The summed E-state index contributed by atoms with van der Waals surface area (Å²) in [5.74, 6) is -0.874. The summed E-state index contributed by atoms with van der Waals surface area (Å²) in [7, 11) is -1.10. The topological polar surface area (TPSA) is 69.7 Å². The van der Waals surface area contributed by atoms with Crippen LogP contribution in [0, 0.1) is 5.82 Å². The van der Waals surface area contributed by atoms with E-state index in [1.54, 1.807) is 0 Å². The van der Waals surface area contributed by atoms with Gasteiger partial charge in [0.15, 0.2) is 0 Å². The first-order valence-corrected chi connectivity index (χ1v) is 8.41. The summed E-state index contributed by atoms with van der Waals surface area (Å²) < 4.78 is 39.7. The van der Waals surface area contributed by atoms with Crippen LogP contribution in [0.25, 0.3) is 0 Å². The molecule has 0 atom stereocenters. The van der Waals surface area contributed by atoms with E-state index in [-0.39, 0.29) is 12.2 Å². The van der Waals surface area contributed by atoms with Crippen LogP contribution in [0.1, 0.15) is 19.8 Å². The number of nitrogens with one attached hydrogen (secondary N) is 1. The van der Waals surface area contributed by atoms with Gasteiger partial charge in [0.2, 0.25) is 5.91 Å². The molecule has 22 heavy (non-hydrogen) atoms. The lowest BCUT2D eigenvalue weighted by Gasteiger charge is -2.26. The molecule has 0 aromatic heterocycles. The van der Waals surface area contributed by atoms with Gasteiger partial charge in [-0.25, -0.2) is 8.70 Å². The summed E-state index contributed by atoms with van der Waals surface area (Å²) >= 11 is 0. The summed E-state index contributed by atoms with van der Waals surface area (Å²) in [6.07, 6.45) is 1.75. The van der Waals surface area contributed by atoms with Gasteiger partial charge in [-0.05, 0) is 30.7 Å². The predicted molar refractivity (Wildman–Crippen MR) is 84.3 cm³/mol. The lowest BCUT2D eigenvalue weighted by molar-refractivity contribution is -0.119. The van der Waals surface area contributed by atoms with Gasteiger partial charge in [-0.1, -0.05) is 13.3 Å². The van der Waals surface area contributed by atoms with Crippen LogP contribution < -0.4 is 9.62 Å². The number of carbonyl (C=O) groups is 1. The standard InChI is InChI=1S/C14H22FN3O3S/c1-4-5-10-16-14(19)11-18(22(20,21)17(2)3)13-8-6-12(15)7-9-13/h6-9H,4-5,10-11H2,1-3H3,(H,16,19). The SMILES string of the molecule is CCCCNC(=O)CN(c1ccc(F)cc1)S(=O)(=O)N(C)C. The molecule has 6 nitrogen and oxygen atoms in total. The average molecular weight is 331 g/mol. The molecule has 1 aromatic rings. The highest BCUT2D eigenvalue weighted by Gasteiger charge is 2.27. The van der Waals surface area contributed by atoms with Crippen LogP contribution in [0.15, 0.2) is 24.3 Å². The van der Waals surface area contributed by atoms with Crippen LogP contribution in [-0.4, -0.2) is 45.8 Å². The van der Waals surface area contributed by atoms with Crippen molar-refractivity contribution in [3.05, 3.63) is 30.1 Å². The second kappa shape index (κ2) is 8.09. The van der Waals surface area contributed by atoms with Gasteiger partial charge in [-0.2, -0.15) is 12.7 Å². The van der Waals surface area contributed by atoms with E-state index in [0.717, 1.165) is 33.6 Å². The highest BCUT2D eigenvalue weighted by Crippen LogP contribution is 2.19. The van der Waals surface area contributed by atoms with Crippen LogP contribution in [0.5, 0.6) is 0 Å². The second-order valence-corrected chi connectivity index (χ2v) is 7.04. The molecule has 0 aliphatic heterocycles. The molecule has 0 aliphatic carbocycles. The molecular formula is C14H22FN3O3S. The van der Waals surface area contributed by atoms with Crippen LogP contribution in [0.3, 0.4) is 0 Å². The van der Waals surface area contributed by atoms with E-state index in [1.807, 2.05) is 6.92 Å². The third kappa shape index (κ3) is 4.96. The first-order valence-electron chi connectivity index (χ1n) is 7.01. The van der Waals surface area contributed by atoms with Gasteiger partial charge in [0.1, 0.15) is 12.4 Å². The van der Waals surface area contributed by atoms with E-state index in [2.05, 4.69) is 5.32 Å². The summed E-state index contributed by atoms with van der Waals surface area (Å²) in [6, 6.07) is 4.97. The first-order chi connectivity index (χ1) is 10.3. The van der Waals surface area contributed by atoms with E-state index in [4.69, 9.17) is 0 Å². The number of halogens is 1. The Bertz CT molecular complexity index is 588. The molecule has 0 heterocycles. The van der Waals surface area contributed by atoms with E-state index < -0.39 is 21.9 Å². The minimum Gasteiger partial charge on any atom is -0.355 e. The fourth-order valence-corrected chi connectivity index (χ4v) is 2.76. The van der Waals surface area contributed by atoms with Gasteiger partial charge in [-0.3, -0.25) is 4.79 Å². The van der Waals surface area contributed by atoms with E-state index in [9.17, 15) is 17.6 Å². The monoisotopic (exact) mass is 331 g/mol. The van der Waals surface area contributed by atoms with Crippen molar-refractivity contribution in [2.75, 3.05) is 31.5 Å². The molecule has 0 saturated carbocycles. The molecule has 0 aliphatic rings. The molecular weight excluding hydrogens is 309 g/mol. The van der Waals surface area contributed by atoms with E-state index in [1.165, 1.54) is 26.2 Å². The number of anilines is 1. The van der Waals surface area contributed by atoms with Crippen molar-refractivity contribution >= 4 is 21.8 Å². The van der Waals surface area contributed by atoms with Gasteiger partial charge in [0.25, 0.3) is 0 Å². The normalized spacial score (nSPS) is 11.5. The zero-order valence-corrected chi connectivity index (χ0v) is 13.9. The molecule has 0 spiro atoms. The zero-order chi connectivity index (χ0) is 16.8. The molecule has 1 N–H and O–H groups in total. The van der Waals surface area contributed by atoms with Crippen molar-refractivity contribution < 1.29 is 17.6 Å². The minimum absolute atomic E-state index is 0.237. The number of hydrogen-bond donors (Lipinski definition) is 1. The molecule has 0 saturated heterocycles. The number of rotatable bonds is 8. The zero-order valence-electron chi connectivity index (χ0n) is 13.0. The lowest BCUT2D eigenvalue weighted by atomic mass is 10.3. The van der Waals surface area contributed by atoms with Crippen LogP contribution in [0.4, 0.5) is 10.1 Å². The van der Waals surface area contributed by atoms with Crippen molar-refractivity contribution in [3.8, 4) is 0 Å².